The van der Waals surface area contributed by atoms with E-state index in [1.54, 1.807) is 61.5 Å². The molecule has 2 aromatic heterocycles. The van der Waals surface area contributed by atoms with Gasteiger partial charge in [0.05, 0.1) is 33.9 Å². The number of methoxy groups -OCH3 is 1. The molecule has 0 N–H and O–H groups in total. The number of nitro benzene ring substituents is 1. The molecule has 0 fully saturated rings. The second kappa shape index (κ2) is 10.6. The maximum absolute atomic E-state index is 13.7. The van der Waals surface area contributed by atoms with Crippen molar-refractivity contribution in [3.05, 3.63) is 113 Å². The third-order valence-electron chi connectivity index (χ3n) is 6.13. The molecule has 2 aromatic carbocycles. The molecule has 40 heavy (non-hydrogen) atoms. The summed E-state index contributed by atoms with van der Waals surface area (Å²) in [5.74, 6) is -0.0212. The van der Waals surface area contributed by atoms with Gasteiger partial charge >= 0.3 is 11.9 Å². The van der Waals surface area contributed by atoms with Crippen LogP contribution in [0.15, 0.2) is 86.1 Å². The van der Waals surface area contributed by atoms with Gasteiger partial charge in [0.25, 0.3) is 11.2 Å². The first kappa shape index (κ1) is 26.5. The highest BCUT2D eigenvalue weighted by Crippen LogP contribution is 2.32. The minimum absolute atomic E-state index is 0.0681. The number of allylic oxidation sites excluding steroid dienone is 1. The summed E-state index contributed by atoms with van der Waals surface area (Å²) < 4.78 is 17.7. The number of nitrogens with zero attached hydrogens (tertiary/aromatic N) is 3. The van der Waals surface area contributed by atoms with Crippen molar-refractivity contribution in [1.29, 1.82) is 0 Å². The Kier molecular flexibility index (Phi) is 7.01. The first-order valence-corrected chi connectivity index (χ1v) is 12.7. The number of rotatable bonds is 6. The number of thiazole rings is 1. The number of hydrogen-bond donors (Lipinski definition) is 0. The third-order valence-corrected chi connectivity index (χ3v) is 7.11. The molecule has 5 rings (SSSR count). The normalized spacial score (nSPS) is 14.9. The molecular weight excluding hydrogens is 538 g/mol. The zero-order chi connectivity index (χ0) is 28.6. The molecule has 0 saturated heterocycles. The summed E-state index contributed by atoms with van der Waals surface area (Å²) in [5.41, 5.74) is 1.24. The standard InChI is InChI=1S/C28H21N3O8S/c1-15-24(27(34)37-3)25(17-7-9-20(10-8-17)38-16(2)32)30-26(33)23(40-28(30)29-15)14-21-11-12-22(39-21)18-5-4-6-19(13-18)31(35)36/h4-14,25H,1-3H3/b23-14-/t25-/m0/s1. The van der Waals surface area contributed by atoms with Crippen LogP contribution < -0.4 is 19.6 Å². The summed E-state index contributed by atoms with van der Waals surface area (Å²) in [6.07, 6.45) is 1.56. The van der Waals surface area contributed by atoms with Crippen molar-refractivity contribution in [1.82, 2.24) is 4.57 Å². The Bertz CT molecular complexity index is 1880. The molecular formula is C28H21N3O8S. The predicted octanol–water partition coefficient (Wildman–Crippen LogP) is 3.50. The number of non-ortho nitro benzene ring substituents is 1. The number of furan rings is 1. The molecule has 202 valence electrons. The maximum Gasteiger partial charge on any atom is 0.338 e. The van der Waals surface area contributed by atoms with E-state index in [1.807, 2.05) is 0 Å². The van der Waals surface area contributed by atoms with Crippen LogP contribution in [0.5, 0.6) is 5.75 Å². The molecule has 1 aliphatic rings. The number of carbonyl (C=O) groups is 2. The van der Waals surface area contributed by atoms with Crippen molar-refractivity contribution in [2.75, 3.05) is 7.11 Å². The van der Waals surface area contributed by atoms with Gasteiger partial charge in [-0.2, -0.15) is 0 Å². The lowest BCUT2D eigenvalue weighted by Gasteiger charge is -2.24. The molecule has 1 atom stereocenters. The Labute approximate surface area is 230 Å². The van der Waals surface area contributed by atoms with E-state index in [-0.39, 0.29) is 11.3 Å². The van der Waals surface area contributed by atoms with Crippen LogP contribution in [-0.4, -0.2) is 28.5 Å². The van der Waals surface area contributed by atoms with Crippen molar-refractivity contribution in [3.8, 4) is 17.1 Å². The molecule has 4 aromatic rings. The molecule has 3 heterocycles. The lowest BCUT2D eigenvalue weighted by Crippen LogP contribution is -2.39. The van der Waals surface area contributed by atoms with Gasteiger partial charge in [0.15, 0.2) is 4.80 Å². The Morgan fingerprint density at radius 3 is 2.58 bits per heavy atom. The molecule has 0 unspecified atom stereocenters. The summed E-state index contributed by atoms with van der Waals surface area (Å²) >= 11 is 1.13. The highest BCUT2D eigenvalue weighted by Gasteiger charge is 2.33. The minimum Gasteiger partial charge on any atom is -0.466 e. The minimum atomic E-state index is -0.839. The second-order valence-electron chi connectivity index (χ2n) is 8.75. The van der Waals surface area contributed by atoms with E-state index in [1.165, 1.54) is 30.7 Å². The summed E-state index contributed by atoms with van der Waals surface area (Å²) in [7, 11) is 1.25. The van der Waals surface area contributed by atoms with Crippen LogP contribution in [-0.2, 0) is 14.3 Å². The van der Waals surface area contributed by atoms with Crippen LogP contribution >= 0.6 is 11.3 Å². The van der Waals surface area contributed by atoms with E-state index in [0.29, 0.717) is 43.4 Å². The Balaban J connectivity index is 1.60. The van der Waals surface area contributed by atoms with Crippen LogP contribution in [0.1, 0.15) is 31.2 Å². The van der Waals surface area contributed by atoms with Crippen molar-refractivity contribution < 1.29 is 28.4 Å². The summed E-state index contributed by atoms with van der Waals surface area (Å²) in [6.45, 7) is 2.96. The Morgan fingerprint density at radius 2 is 1.90 bits per heavy atom. The van der Waals surface area contributed by atoms with Crippen molar-refractivity contribution in [2.24, 2.45) is 4.99 Å². The summed E-state index contributed by atoms with van der Waals surface area (Å²) in [4.78, 5) is 53.4. The maximum atomic E-state index is 13.7. The van der Waals surface area contributed by atoms with Crippen LogP contribution in [0.2, 0.25) is 0 Å². The largest absolute Gasteiger partial charge is 0.466 e. The number of benzene rings is 2. The number of aromatic nitrogens is 1. The number of fused-ring (bicyclic) bond motifs is 1. The van der Waals surface area contributed by atoms with Crippen molar-refractivity contribution in [2.45, 2.75) is 19.9 Å². The van der Waals surface area contributed by atoms with E-state index in [2.05, 4.69) is 4.99 Å². The molecule has 0 amide bonds. The van der Waals surface area contributed by atoms with Gasteiger partial charge in [0.1, 0.15) is 17.3 Å². The topological polar surface area (TPSA) is 143 Å². The van der Waals surface area contributed by atoms with Gasteiger partial charge in [-0.25, -0.2) is 9.79 Å². The number of carbonyl (C=O) groups excluding carboxylic acids is 2. The van der Waals surface area contributed by atoms with E-state index in [9.17, 15) is 24.5 Å². The Hall–Kier alpha value is -5.10. The molecule has 1 aliphatic heterocycles. The first-order valence-electron chi connectivity index (χ1n) is 11.9. The predicted molar refractivity (Wildman–Crippen MR) is 144 cm³/mol. The van der Waals surface area contributed by atoms with E-state index in [4.69, 9.17) is 13.9 Å². The van der Waals surface area contributed by atoms with E-state index < -0.39 is 28.5 Å². The fourth-order valence-electron chi connectivity index (χ4n) is 4.38. The average molecular weight is 560 g/mol. The third kappa shape index (κ3) is 4.99. The number of ether oxygens (including phenoxy) is 2. The van der Waals surface area contributed by atoms with Gasteiger partial charge < -0.3 is 13.9 Å². The molecule has 12 heteroatoms. The zero-order valence-corrected chi connectivity index (χ0v) is 22.3. The van der Waals surface area contributed by atoms with Gasteiger partial charge in [-0.3, -0.25) is 24.3 Å². The number of nitro groups is 1. The summed E-state index contributed by atoms with van der Waals surface area (Å²) in [5, 5.41) is 11.1. The fraction of sp³-hybridized carbons (Fsp3) is 0.143. The van der Waals surface area contributed by atoms with Gasteiger partial charge in [-0.15, -0.1) is 0 Å². The highest BCUT2D eigenvalue weighted by atomic mass is 32.1. The van der Waals surface area contributed by atoms with Crippen LogP contribution in [0.25, 0.3) is 17.4 Å². The summed E-state index contributed by atoms with van der Waals surface area (Å²) in [6, 6.07) is 15.0. The number of hydrogen-bond acceptors (Lipinski definition) is 10. The van der Waals surface area contributed by atoms with Crippen LogP contribution in [0, 0.1) is 10.1 Å². The molecule has 0 saturated carbocycles. The fourth-order valence-corrected chi connectivity index (χ4v) is 5.41. The van der Waals surface area contributed by atoms with E-state index >= 15 is 0 Å². The monoisotopic (exact) mass is 559 g/mol. The van der Waals surface area contributed by atoms with E-state index in [0.717, 1.165) is 11.3 Å². The van der Waals surface area contributed by atoms with Gasteiger partial charge in [-0.05, 0) is 36.8 Å². The molecule has 0 aliphatic carbocycles. The quantitative estimate of drug-likeness (QED) is 0.151. The second-order valence-corrected chi connectivity index (χ2v) is 9.75. The average Bonchev–Trinajstić information content (AvgIpc) is 3.52. The van der Waals surface area contributed by atoms with Crippen molar-refractivity contribution in [3.63, 3.8) is 0 Å². The van der Waals surface area contributed by atoms with Crippen LogP contribution in [0.4, 0.5) is 5.69 Å². The lowest BCUT2D eigenvalue weighted by molar-refractivity contribution is -0.384. The van der Waals surface area contributed by atoms with Gasteiger partial charge in [-0.1, -0.05) is 35.6 Å². The highest BCUT2D eigenvalue weighted by molar-refractivity contribution is 7.07. The van der Waals surface area contributed by atoms with Crippen LogP contribution in [0.3, 0.4) is 0 Å². The lowest BCUT2D eigenvalue weighted by atomic mass is 9.96. The molecule has 11 nitrogen and oxygen atoms in total. The zero-order valence-electron chi connectivity index (χ0n) is 21.4. The number of esters is 2. The molecule has 0 bridgehead atoms. The van der Waals surface area contributed by atoms with Gasteiger partial charge in [0, 0.05) is 30.7 Å². The molecule has 0 spiro atoms. The SMILES string of the molecule is COC(=O)C1=C(C)N=c2s/c(=C\c3ccc(-c4cccc([N+](=O)[O-])c4)o3)c(=O)n2[C@H]1c1ccc(OC(C)=O)cc1. The van der Waals surface area contributed by atoms with Gasteiger partial charge in [0.2, 0.25) is 0 Å². The van der Waals surface area contributed by atoms with Crippen molar-refractivity contribution >= 4 is 35.0 Å². The smallest absolute Gasteiger partial charge is 0.338 e. The molecule has 0 radical (unpaired) electrons. The first-order chi connectivity index (χ1) is 19.2. The Morgan fingerprint density at radius 1 is 1.15 bits per heavy atom.